The molecule has 0 aliphatic carbocycles. The van der Waals surface area contributed by atoms with E-state index in [9.17, 15) is 9.90 Å². The smallest absolute Gasteiger partial charge is 0.204 e. The summed E-state index contributed by atoms with van der Waals surface area (Å²) < 4.78 is 16.2. The predicted molar refractivity (Wildman–Crippen MR) is 82.0 cm³/mol. The third-order valence-electron chi connectivity index (χ3n) is 3.18. The fraction of sp³-hybridized carbons (Fsp3) is 0.235. The summed E-state index contributed by atoms with van der Waals surface area (Å²) in [5.74, 6) is 0.237. The number of methoxy groups -OCH3 is 2. The Morgan fingerprint density at radius 2 is 1.73 bits per heavy atom. The SMILES string of the molecule is COc1c(OCc2ccccc2)cc(O)c(C(C)=O)c1OC. The summed E-state index contributed by atoms with van der Waals surface area (Å²) in [5, 5.41) is 10.1. The number of carbonyl (C=O) groups excluding carboxylic acids is 1. The van der Waals surface area contributed by atoms with Crippen molar-refractivity contribution in [2.24, 2.45) is 0 Å². The molecular weight excluding hydrogens is 284 g/mol. The Hall–Kier alpha value is -2.69. The summed E-state index contributed by atoms with van der Waals surface area (Å²) in [7, 11) is 2.86. The van der Waals surface area contributed by atoms with Gasteiger partial charge in [-0.1, -0.05) is 30.3 Å². The normalized spacial score (nSPS) is 10.1. The van der Waals surface area contributed by atoms with Gasteiger partial charge < -0.3 is 19.3 Å². The van der Waals surface area contributed by atoms with Crippen molar-refractivity contribution in [3.05, 3.63) is 47.5 Å². The van der Waals surface area contributed by atoms with Crippen LogP contribution < -0.4 is 14.2 Å². The molecule has 0 saturated heterocycles. The average molecular weight is 302 g/mol. The van der Waals surface area contributed by atoms with Gasteiger partial charge in [-0.25, -0.2) is 0 Å². The van der Waals surface area contributed by atoms with Gasteiger partial charge in [-0.05, 0) is 12.5 Å². The van der Waals surface area contributed by atoms with Crippen molar-refractivity contribution in [1.29, 1.82) is 0 Å². The van der Waals surface area contributed by atoms with Crippen molar-refractivity contribution >= 4 is 5.78 Å². The molecule has 0 aliphatic heterocycles. The summed E-state index contributed by atoms with van der Waals surface area (Å²) in [6.45, 7) is 1.65. The van der Waals surface area contributed by atoms with Gasteiger partial charge >= 0.3 is 0 Å². The lowest BCUT2D eigenvalue weighted by Crippen LogP contribution is -2.04. The number of rotatable bonds is 6. The van der Waals surface area contributed by atoms with Crippen molar-refractivity contribution in [2.75, 3.05) is 14.2 Å². The minimum Gasteiger partial charge on any atom is -0.507 e. The largest absolute Gasteiger partial charge is 0.507 e. The van der Waals surface area contributed by atoms with E-state index < -0.39 is 0 Å². The van der Waals surface area contributed by atoms with E-state index in [0.717, 1.165) is 5.56 Å². The van der Waals surface area contributed by atoms with Crippen LogP contribution in [0.3, 0.4) is 0 Å². The van der Waals surface area contributed by atoms with E-state index in [-0.39, 0.29) is 28.6 Å². The molecule has 0 heterocycles. The number of phenolic OH excluding ortho intramolecular Hbond substituents is 1. The lowest BCUT2D eigenvalue weighted by Gasteiger charge is -2.17. The molecule has 0 amide bonds. The van der Waals surface area contributed by atoms with Crippen molar-refractivity contribution < 1.29 is 24.1 Å². The highest BCUT2D eigenvalue weighted by molar-refractivity contribution is 6.01. The minimum atomic E-state index is -0.317. The van der Waals surface area contributed by atoms with Crippen LogP contribution in [0.1, 0.15) is 22.8 Å². The molecule has 0 radical (unpaired) electrons. The van der Waals surface area contributed by atoms with Crippen LogP contribution >= 0.6 is 0 Å². The standard InChI is InChI=1S/C17H18O5/c1-11(18)15-13(19)9-14(16(20-2)17(15)21-3)22-10-12-7-5-4-6-8-12/h4-9,19H,10H2,1-3H3. The molecule has 0 unspecified atom stereocenters. The first kappa shape index (κ1) is 15.7. The molecule has 2 rings (SSSR count). The van der Waals surface area contributed by atoms with Crippen LogP contribution in [-0.2, 0) is 6.61 Å². The maximum absolute atomic E-state index is 11.7. The van der Waals surface area contributed by atoms with Gasteiger partial charge in [-0.3, -0.25) is 4.79 Å². The van der Waals surface area contributed by atoms with Gasteiger partial charge in [0, 0.05) is 6.07 Å². The Morgan fingerprint density at radius 3 is 2.27 bits per heavy atom. The Bertz CT molecular complexity index is 664. The van der Waals surface area contributed by atoms with E-state index in [0.29, 0.717) is 12.4 Å². The Kier molecular flexibility index (Phi) is 4.88. The van der Waals surface area contributed by atoms with E-state index in [1.807, 2.05) is 30.3 Å². The van der Waals surface area contributed by atoms with E-state index >= 15 is 0 Å². The maximum atomic E-state index is 11.7. The summed E-state index contributed by atoms with van der Waals surface area (Å²) in [4.78, 5) is 11.7. The Morgan fingerprint density at radius 1 is 1.09 bits per heavy atom. The van der Waals surface area contributed by atoms with Crippen LogP contribution in [0.25, 0.3) is 0 Å². The van der Waals surface area contributed by atoms with E-state index in [4.69, 9.17) is 14.2 Å². The van der Waals surface area contributed by atoms with E-state index in [2.05, 4.69) is 0 Å². The number of aromatic hydroxyl groups is 1. The predicted octanol–water partition coefficient (Wildman–Crippen LogP) is 3.19. The zero-order valence-electron chi connectivity index (χ0n) is 12.8. The van der Waals surface area contributed by atoms with Gasteiger partial charge in [0.25, 0.3) is 0 Å². The third kappa shape index (κ3) is 3.14. The second-order valence-corrected chi connectivity index (χ2v) is 4.67. The van der Waals surface area contributed by atoms with Gasteiger partial charge in [-0.2, -0.15) is 0 Å². The van der Waals surface area contributed by atoms with Crippen molar-refractivity contribution in [2.45, 2.75) is 13.5 Å². The number of ether oxygens (including phenoxy) is 3. The lowest BCUT2D eigenvalue weighted by atomic mass is 10.1. The fourth-order valence-electron chi connectivity index (χ4n) is 2.17. The van der Waals surface area contributed by atoms with Crippen molar-refractivity contribution in [3.63, 3.8) is 0 Å². The van der Waals surface area contributed by atoms with Gasteiger partial charge in [0.2, 0.25) is 5.75 Å². The molecule has 0 aromatic heterocycles. The van der Waals surface area contributed by atoms with E-state index in [1.54, 1.807) is 0 Å². The monoisotopic (exact) mass is 302 g/mol. The summed E-state index contributed by atoms with van der Waals surface area (Å²) in [6, 6.07) is 10.9. The zero-order valence-corrected chi connectivity index (χ0v) is 12.8. The average Bonchev–Trinajstić information content (AvgIpc) is 2.52. The molecule has 5 nitrogen and oxygen atoms in total. The second kappa shape index (κ2) is 6.85. The first-order valence-electron chi connectivity index (χ1n) is 6.74. The first-order chi connectivity index (χ1) is 10.6. The van der Waals surface area contributed by atoms with E-state index in [1.165, 1.54) is 27.2 Å². The molecule has 0 spiro atoms. The number of carbonyl (C=O) groups is 1. The summed E-state index contributed by atoms with van der Waals surface area (Å²) in [6.07, 6.45) is 0. The molecule has 0 bridgehead atoms. The topological polar surface area (TPSA) is 65.0 Å². The quantitative estimate of drug-likeness (QED) is 0.830. The van der Waals surface area contributed by atoms with Crippen LogP contribution in [0.5, 0.6) is 23.0 Å². The minimum absolute atomic E-state index is 0.0754. The number of ketones is 1. The molecule has 2 aromatic rings. The Labute approximate surface area is 129 Å². The molecule has 22 heavy (non-hydrogen) atoms. The molecule has 5 heteroatoms. The van der Waals surface area contributed by atoms with Crippen molar-refractivity contribution in [1.82, 2.24) is 0 Å². The van der Waals surface area contributed by atoms with Crippen LogP contribution in [0.4, 0.5) is 0 Å². The Balaban J connectivity index is 2.39. The molecule has 0 fully saturated rings. The van der Waals surface area contributed by atoms with Crippen LogP contribution in [0.15, 0.2) is 36.4 Å². The lowest BCUT2D eigenvalue weighted by molar-refractivity contribution is 0.101. The van der Waals surface area contributed by atoms with Crippen molar-refractivity contribution in [3.8, 4) is 23.0 Å². The highest BCUT2D eigenvalue weighted by Gasteiger charge is 2.23. The van der Waals surface area contributed by atoms with Crippen LogP contribution in [-0.4, -0.2) is 25.1 Å². The summed E-state index contributed by atoms with van der Waals surface area (Å²) in [5.41, 5.74) is 1.05. The molecular formula is C17H18O5. The molecule has 0 aliphatic rings. The maximum Gasteiger partial charge on any atom is 0.204 e. The summed E-state index contributed by atoms with van der Waals surface area (Å²) >= 11 is 0. The number of hydrogen-bond donors (Lipinski definition) is 1. The number of phenols is 1. The molecule has 0 atom stereocenters. The van der Waals surface area contributed by atoms with Gasteiger partial charge in [-0.15, -0.1) is 0 Å². The molecule has 2 aromatic carbocycles. The molecule has 1 N–H and O–H groups in total. The molecule has 0 saturated carbocycles. The van der Waals surface area contributed by atoms with Crippen LogP contribution in [0, 0.1) is 0 Å². The van der Waals surface area contributed by atoms with Gasteiger partial charge in [0.1, 0.15) is 17.9 Å². The number of hydrogen-bond acceptors (Lipinski definition) is 5. The first-order valence-corrected chi connectivity index (χ1v) is 6.74. The number of Topliss-reactive ketones (excluding diaryl/α,β-unsaturated/α-hetero) is 1. The second-order valence-electron chi connectivity index (χ2n) is 4.67. The van der Waals surface area contributed by atoms with Crippen LogP contribution in [0.2, 0.25) is 0 Å². The fourth-order valence-corrected chi connectivity index (χ4v) is 2.17. The third-order valence-corrected chi connectivity index (χ3v) is 3.18. The highest BCUT2D eigenvalue weighted by atomic mass is 16.5. The number of benzene rings is 2. The molecule has 116 valence electrons. The zero-order chi connectivity index (χ0) is 16.1. The highest BCUT2D eigenvalue weighted by Crippen LogP contribution is 2.45. The van der Waals surface area contributed by atoms with Gasteiger partial charge in [0.05, 0.1) is 14.2 Å². The van der Waals surface area contributed by atoms with Gasteiger partial charge in [0.15, 0.2) is 17.3 Å².